The summed E-state index contributed by atoms with van der Waals surface area (Å²) in [5, 5.41) is 0.271. The largest absolute Gasteiger partial charge is 0.398 e. The van der Waals surface area contributed by atoms with Crippen molar-refractivity contribution in [1.29, 1.82) is 0 Å². The van der Waals surface area contributed by atoms with Gasteiger partial charge in [0.2, 0.25) is 0 Å². The van der Waals surface area contributed by atoms with Crippen LogP contribution in [0.1, 0.15) is 0 Å². The van der Waals surface area contributed by atoms with Crippen molar-refractivity contribution in [2.45, 2.75) is 10.1 Å². The maximum absolute atomic E-state index is 13.0. The topological polar surface area (TPSA) is 97.8 Å². The molecule has 2 rings (SSSR count). The number of aromatic amines is 1. The zero-order chi connectivity index (χ0) is 12.4. The normalized spacial score (nSPS) is 10.4. The highest BCUT2D eigenvalue weighted by molar-refractivity contribution is 7.99. The molecule has 1 heterocycles. The lowest BCUT2D eigenvalue weighted by Crippen LogP contribution is -2.09. The van der Waals surface area contributed by atoms with E-state index in [-0.39, 0.29) is 16.5 Å². The molecule has 0 saturated carbocycles. The monoisotopic (exact) mass is 252 g/mol. The third-order valence-electron chi connectivity index (χ3n) is 1.92. The summed E-state index contributed by atoms with van der Waals surface area (Å²) >= 11 is 1.05. The Balaban J connectivity index is 2.37. The van der Waals surface area contributed by atoms with Gasteiger partial charge in [-0.05, 0) is 30.0 Å². The molecule has 0 aliphatic heterocycles. The van der Waals surface area contributed by atoms with Crippen molar-refractivity contribution in [3.8, 4) is 0 Å². The van der Waals surface area contributed by atoms with E-state index in [0.29, 0.717) is 10.6 Å². The fourth-order valence-corrected chi connectivity index (χ4v) is 2.07. The van der Waals surface area contributed by atoms with Gasteiger partial charge in [0.05, 0.1) is 0 Å². The lowest BCUT2D eigenvalue weighted by molar-refractivity contribution is 0.624. The highest BCUT2D eigenvalue weighted by atomic mass is 32.2. The van der Waals surface area contributed by atoms with Gasteiger partial charge in [0.15, 0.2) is 5.16 Å². The minimum atomic E-state index is -0.409. The molecule has 0 aliphatic rings. The predicted molar refractivity (Wildman–Crippen MR) is 64.2 cm³/mol. The van der Waals surface area contributed by atoms with Gasteiger partial charge in [-0.15, -0.1) is 0 Å². The first-order chi connectivity index (χ1) is 8.04. The highest BCUT2D eigenvalue weighted by Crippen LogP contribution is 2.29. The zero-order valence-corrected chi connectivity index (χ0v) is 9.42. The van der Waals surface area contributed by atoms with Crippen molar-refractivity contribution in [3.05, 3.63) is 40.4 Å². The number of rotatable bonds is 2. The van der Waals surface area contributed by atoms with Crippen LogP contribution in [0.2, 0.25) is 0 Å². The quantitative estimate of drug-likeness (QED) is 0.551. The zero-order valence-electron chi connectivity index (χ0n) is 8.61. The molecule has 0 amide bonds. The van der Waals surface area contributed by atoms with Crippen LogP contribution >= 0.6 is 11.8 Å². The number of anilines is 2. The minimum absolute atomic E-state index is 0.103. The Kier molecular flexibility index (Phi) is 3.01. The molecule has 0 fully saturated rings. The number of nitrogens with one attached hydrogen (secondary N) is 1. The molecule has 1 aromatic heterocycles. The summed E-state index contributed by atoms with van der Waals surface area (Å²) in [6, 6.07) is 5.14. The van der Waals surface area contributed by atoms with Gasteiger partial charge in [-0.3, -0.25) is 4.79 Å². The Hall–Kier alpha value is -2.02. The molecule has 7 heteroatoms. The molecule has 2 aromatic rings. The second-order valence-electron chi connectivity index (χ2n) is 3.26. The van der Waals surface area contributed by atoms with Gasteiger partial charge in [-0.1, -0.05) is 0 Å². The molecular weight excluding hydrogens is 243 g/mol. The highest BCUT2D eigenvalue weighted by Gasteiger charge is 2.06. The van der Waals surface area contributed by atoms with Crippen LogP contribution in [-0.4, -0.2) is 9.97 Å². The molecular formula is C10H9FN4OS. The minimum Gasteiger partial charge on any atom is -0.398 e. The van der Waals surface area contributed by atoms with Crippen LogP contribution in [-0.2, 0) is 0 Å². The van der Waals surface area contributed by atoms with E-state index in [1.54, 1.807) is 0 Å². The van der Waals surface area contributed by atoms with E-state index < -0.39 is 5.82 Å². The number of benzene rings is 1. The predicted octanol–water partition coefficient (Wildman–Crippen LogP) is 1.22. The number of H-pyrrole nitrogens is 1. The molecule has 0 atom stereocenters. The summed E-state index contributed by atoms with van der Waals surface area (Å²) in [6.07, 6.45) is 0. The first kappa shape index (κ1) is 11.5. The number of hydrogen-bond donors (Lipinski definition) is 3. The number of nitrogen functional groups attached to an aromatic ring is 2. The number of halogens is 1. The number of nitrogens with two attached hydrogens (primary N) is 2. The summed E-state index contributed by atoms with van der Waals surface area (Å²) in [5.41, 5.74) is 11.1. The van der Waals surface area contributed by atoms with E-state index >= 15 is 0 Å². The Bertz CT molecular complexity index is 613. The second-order valence-corrected chi connectivity index (χ2v) is 4.29. The van der Waals surface area contributed by atoms with Crippen LogP contribution in [0.25, 0.3) is 0 Å². The third kappa shape index (κ3) is 2.76. The standard InChI is InChI=1S/C10H9FN4OS/c11-5-1-2-6(12)7(3-5)17-10-14-8(13)4-9(16)15-10/h1-4H,12H2,(H3,13,14,15,16). The van der Waals surface area contributed by atoms with Gasteiger partial charge in [-0.25, -0.2) is 9.37 Å². The Morgan fingerprint density at radius 3 is 2.76 bits per heavy atom. The number of nitrogens with zero attached hydrogens (tertiary/aromatic N) is 1. The van der Waals surface area contributed by atoms with Gasteiger partial charge in [0.25, 0.3) is 5.56 Å². The van der Waals surface area contributed by atoms with Gasteiger partial charge < -0.3 is 16.5 Å². The Labute approximate surface area is 100 Å². The van der Waals surface area contributed by atoms with Crippen LogP contribution in [0.3, 0.4) is 0 Å². The summed E-state index contributed by atoms with van der Waals surface area (Å²) in [4.78, 5) is 18.0. The summed E-state index contributed by atoms with van der Waals surface area (Å²) in [7, 11) is 0. The summed E-state index contributed by atoms with van der Waals surface area (Å²) in [5.74, 6) is -0.306. The fraction of sp³-hybridized carbons (Fsp3) is 0. The van der Waals surface area contributed by atoms with Crippen molar-refractivity contribution in [2.24, 2.45) is 0 Å². The van der Waals surface area contributed by atoms with Crippen LogP contribution in [0.4, 0.5) is 15.9 Å². The molecule has 17 heavy (non-hydrogen) atoms. The Morgan fingerprint density at radius 2 is 2.06 bits per heavy atom. The lowest BCUT2D eigenvalue weighted by Gasteiger charge is -2.04. The van der Waals surface area contributed by atoms with E-state index in [2.05, 4.69) is 9.97 Å². The van der Waals surface area contributed by atoms with Gasteiger partial charge >= 0.3 is 0 Å². The molecule has 5 N–H and O–H groups in total. The van der Waals surface area contributed by atoms with Crippen LogP contribution < -0.4 is 17.0 Å². The lowest BCUT2D eigenvalue weighted by atomic mass is 10.3. The molecule has 0 saturated heterocycles. The van der Waals surface area contributed by atoms with E-state index in [1.807, 2.05) is 0 Å². The number of aromatic nitrogens is 2. The molecule has 0 radical (unpaired) electrons. The first-order valence-electron chi connectivity index (χ1n) is 4.64. The van der Waals surface area contributed by atoms with Crippen molar-refractivity contribution in [1.82, 2.24) is 9.97 Å². The van der Waals surface area contributed by atoms with Gasteiger partial charge in [-0.2, -0.15) is 0 Å². The molecule has 0 spiro atoms. The third-order valence-corrected chi connectivity index (χ3v) is 2.88. The van der Waals surface area contributed by atoms with E-state index in [0.717, 1.165) is 11.8 Å². The van der Waals surface area contributed by atoms with E-state index in [4.69, 9.17) is 11.5 Å². The van der Waals surface area contributed by atoms with Crippen LogP contribution in [0, 0.1) is 5.82 Å². The van der Waals surface area contributed by atoms with E-state index in [9.17, 15) is 9.18 Å². The maximum atomic E-state index is 13.0. The Morgan fingerprint density at radius 1 is 1.29 bits per heavy atom. The van der Waals surface area contributed by atoms with Crippen LogP contribution in [0.15, 0.2) is 39.1 Å². The van der Waals surface area contributed by atoms with Gasteiger partial charge in [0.1, 0.15) is 11.6 Å². The maximum Gasteiger partial charge on any atom is 0.253 e. The molecule has 0 aliphatic carbocycles. The van der Waals surface area contributed by atoms with Crippen molar-refractivity contribution in [2.75, 3.05) is 11.5 Å². The second kappa shape index (κ2) is 4.46. The van der Waals surface area contributed by atoms with Gasteiger partial charge in [0, 0.05) is 16.6 Å². The molecule has 0 unspecified atom stereocenters. The summed E-state index contributed by atoms with van der Waals surface area (Å²) < 4.78 is 13.0. The van der Waals surface area contributed by atoms with E-state index in [1.165, 1.54) is 24.3 Å². The fourth-order valence-electron chi connectivity index (χ4n) is 1.20. The molecule has 5 nitrogen and oxygen atoms in total. The van der Waals surface area contributed by atoms with Crippen molar-refractivity contribution < 1.29 is 4.39 Å². The number of hydrogen-bond acceptors (Lipinski definition) is 5. The molecule has 0 bridgehead atoms. The van der Waals surface area contributed by atoms with Crippen molar-refractivity contribution in [3.63, 3.8) is 0 Å². The average Bonchev–Trinajstić information content (AvgIpc) is 2.22. The SMILES string of the molecule is Nc1cc(=O)[nH]c(Sc2cc(F)ccc2N)n1. The summed E-state index contributed by atoms with van der Waals surface area (Å²) in [6.45, 7) is 0. The van der Waals surface area contributed by atoms with Crippen molar-refractivity contribution >= 4 is 23.3 Å². The molecule has 88 valence electrons. The first-order valence-corrected chi connectivity index (χ1v) is 5.46. The smallest absolute Gasteiger partial charge is 0.253 e. The average molecular weight is 252 g/mol. The molecule has 1 aromatic carbocycles. The van der Waals surface area contributed by atoms with Crippen LogP contribution in [0.5, 0.6) is 0 Å².